The fourth-order valence-electron chi connectivity index (χ4n) is 2.71. The second kappa shape index (κ2) is 8.15. The summed E-state index contributed by atoms with van der Waals surface area (Å²) in [5.74, 6) is 1.83. The maximum absolute atomic E-state index is 6.30. The Hall–Kier alpha value is -1.22. The molecule has 1 saturated carbocycles. The molecule has 0 aromatic heterocycles. The van der Waals surface area contributed by atoms with Crippen molar-refractivity contribution in [2.24, 2.45) is 0 Å². The van der Waals surface area contributed by atoms with Crippen LogP contribution in [0.25, 0.3) is 0 Å². The van der Waals surface area contributed by atoms with Crippen molar-refractivity contribution in [2.45, 2.75) is 58.6 Å². The summed E-state index contributed by atoms with van der Waals surface area (Å²) >= 11 is 0. The number of rotatable bonds is 7. The minimum Gasteiger partial charge on any atom is -0.490 e. The van der Waals surface area contributed by atoms with Crippen LogP contribution in [0, 0.1) is 0 Å². The highest BCUT2D eigenvalue weighted by molar-refractivity contribution is 5.46. The molecule has 0 bridgehead atoms. The topological polar surface area (TPSA) is 30.5 Å². The molecule has 0 atom stereocenters. The Morgan fingerprint density at radius 1 is 1.15 bits per heavy atom. The fourth-order valence-corrected chi connectivity index (χ4v) is 2.71. The second-order valence-electron chi connectivity index (χ2n) is 5.34. The van der Waals surface area contributed by atoms with Crippen molar-refractivity contribution < 1.29 is 9.47 Å². The number of hydrogen-bond acceptors (Lipinski definition) is 3. The van der Waals surface area contributed by atoms with E-state index in [2.05, 4.69) is 18.3 Å². The van der Waals surface area contributed by atoms with Gasteiger partial charge in [-0.2, -0.15) is 0 Å². The average molecular weight is 277 g/mol. The van der Waals surface area contributed by atoms with Crippen molar-refractivity contribution in [2.75, 3.05) is 13.2 Å². The molecule has 0 unspecified atom stereocenters. The summed E-state index contributed by atoms with van der Waals surface area (Å²) in [6, 6.07) is 6.19. The van der Waals surface area contributed by atoms with Crippen LogP contribution >= 0.6 is 0 Å². The van der Waals surface area contributed by atoms with Crippen LogP contribution in [0.1, 0.15) is 51.5 Å². The minimum atomic E-state index is 0.353. The molecule has 3 nitrogen and oxygen atoms in total. The van der Waals surface area contributed by atoms with E-state index in [0.29, 0.717) is 12.7 Å². The summed E-state index contributed by atoms with van der Waals surface area (Å²) in [5, 5.41) is 3.38. The third kappa shape index (κ3) is 4.14. The van der Waals surface area contributed by atoms with Crippen molar-refractivity contribution in [1.82, 2.24) is 5.32 Å². The van der Waals surface area contributed by atoms with E-state index in [-0.39, 0.29) is 0 Å². The molecule has 0 heterocycles. The molecule has 1 aliphatic carbocycles. The zero-order valence-corrected chi connectivity index (χ0v) is 12.8. The fraction of sp³-hybridized carbons (Fsp3) is 0.647. The van der Waals surface area contributed by atoms with Gasteiger partial charge in [0, 0.05) is 12.1 Å². The quantitative estimate of drug-likeness (QED) is 0.819. The van der Waals surface area contributed by atoms with Gasteiger partial charge in [-0.3, -0.25) is 0 Å². The Morgan fingerprint density at radius 2 is 1.95 bits per heavy atom. The molecule has 1 fully saturated rings. The summed E-state index contributed by atoms with van der Waals surface area (Å²) in [5.41, 5.74) is 1.20. The summed E-state index contributed by atoms with van der Waals surface area (Å²) in [4.78, 5) is 0. The van der Waals surface area contributed by atoms with E-state index in [1.807, 2.05) is 19.1 Å². The van der Waals surface area contributed by atoms with E-state index < -0.39 is 0 Å². The lowest BCUT2D eigenvalue weighted by Gasteiger charge is -2.25. The predicted molar refractivity (Wildman–Crippen MR) is 82.5 cm³/mol. The molecule has 0 aliphatic heterocycles. The summed E-state index contributed by atoms with van der Waals surface area (Å²) in [7, 11) is 0. The molecule has 0 spiro atoms. The third-order valence-electron chi connectivity index (χ3n) is 3.76. The van der Waals surface area contributed by atoms with Gasteiger partial charge in [-0.05, 0) is 45.2 Å². The molecule has 0 saturated heterocycles. The number of ether oxygens (including phenoxy) is 2. The second-order valence-corrected chi connectivity index (χ2v) is 5.34. The molecular weight excluding hydrogens is 250 g/mol. The maximum atomic E-state index is 6.30. The first-order valence-corrected chi connectivity index (χ1v) is 7.97. The average Bonchev–Trinajstić information content (AvgIpc) is 2.49. The Labute approximate surface area is 122 Å². The minimum absolute atomic E-state index is 0.353. The molecule has 3 heteroatoms. The van der Waals surface area contributed by atoms with Gasteiger partial charge in [-0.25, -0.2) is 0 Å². The van der Waals surface area contributed by atoms with Crippen LogP contribution in [-0.4, -0.2) is 19.3 Å². The Kier molecular flexibility index (Phi) is 6.19. The van der Waals surface area contributed by atoms with Gasteiger partial charge in [0.25, 0.3) is 0 Å². The number of benzene rings is 1. The highest BCUT2D eigenvalue weighted by Crippen LogP contribution is 2.34. The van der Waals surface area contributed by atoms with Crippen molar-refractivity contribution in [3.05, 3.63) is 23.8 Å². The van der Waals surface area contributed by atoms with E-state index in [1.165, 1.54) is 37.7 Å². The summed E-state index contributed by atoms with van der Waals surface area (Å²) < 4.78 is 12.0. The predicted octanol–water partition coefficient (Wildman–Crippen LogP) is 3.91. The van der Waals surface area contributed by atoms with Gasteiger partial charge in [-0.15, -0.1) is 0 Å². The van der Waals surface area contributed by atoms with Crippen molar-refractivity contribution >= 4 is 0 Å². The largest absolute Gasteiger partial charge is 0.490 e. The first-order valence-electron chi connectivity index (χ1n) is 7.97. The van der Waals surface area contributed by atoms with Gasteiger partial charge in [0.05, 0.1) is 12.7 Å². The van der Waals surface area contributed by atoms with Gasteiger partial charge >= 0.3 is 0 Å². The smallest absolute Gasteiger partial charge is 0.166 e. The first kappa shape index (κ1) is 15.2. The Balaban J connectivity index is 2.15. The number of nitrogens with one attached hydrogen (secondary N) is 1. The van der Waals surface area contributed by atoms with Gasteiger partial charge in [0.2, 0.25) is 0 Å². The zero-order chi connectivity index (χ0) is 14.2. The van der Waals surface area contributed by atoms with Crippen LogP contribution < -0.4 is 14.8 Å². The molecular formula is C17H27NO2. The highest BCUT2D eigenvalue weighted by atomic mass is 16.5. The van der Waals surface area contributed by atoms with Crippen LogP contribution in [0.5, 0.6) is 11.5 Å². The van der Waals surface area contributed by atoms with E-state index in [9.17, 15) is 0 Å². The number of para-hydroxylation sites is 1. The molecule has 20 heavy (non-hydrogen) atoms. The van der Waals surface area contributed by atoms with Crippen LogP contribution in [0.4, 0.5) is 0 Å². The number of hydrogen-bond donors (Lipinski definition) is 1. The van der Waals surface area contributed by atoms with Crippen LogP contribution in [0.15, 0.2) is 18.2 Å². The lowest BCUT2D eigenvalue weighted by atomic mass is 9.97. The molecule has 1 aliphatic rings. The van der Waals surface area contributed by atoms with Crippen molar-refractivity contribution in [3.8, 4) is 11.5 Å². The molecule has 1 aromatic carbocycles. The van der Waals surface area contributed by atoms with Gasteiger partial charge in [0.15, 0.2) is 11.5 Å². The molecule has 1 N–H and O–H groups in total. The van der Waals surface area contributed by atoms with E-state index in [1.54, 1.807) is 0 Å². The van der Waals surface area contributed by atoms with Crippen LogP contribution in [-0.2, 0) is 6.54 Å². The first-order chi connectivity index (χ1) is 9.85. The Bertz CT molecular complexity index is 400. The van der Waals surface area contributed by atoms with Gasteiger partial charge in [-0.1, -0.05) is 25.5 Å². The monoisotopic (exact) mass is 277 g/mol. The van der Waals surface area contributed by atoms with Crippen LogP contribution in [0.2, 0.25) is 0 Å². The standard InChI is InChI=1S/C17H27NO2/c1-3-18-13-14-9-8-12-16(19-4-2)17(14)20-15-10-6-5-7-11-15/h8-9,12,15,18H,3-7,10-11,13H2,1-2H3. The van der Waals surface area contributed by atoms with Crippen molar-refractivity contribution in [3.63, 3.8) is 0 Å². The van der Waals surface area contributed by atoms with Crippen molar-refractivity contribution in [1.29, 1.82) is 0 Å². The van der Waals surface area contributed by atoms with E-state index in [4.69, 9.17) is 9.47 Å². The highest BCUT2D eigenvalue weighted by Gasteiger charge is 2.19. The lowest BCUT2D eigenvalue weighted by molar-refractivity contribution is 0.146. The van der Waals surface area contributed by atoms with Crippen LogP contribution in [0.3, 0.4) is 0 Å². The molecule has 2 rings (SSSR count). The SMILES string of the molecule is CCNCc1cccc(OCC)c1OC1CCCCC1. The lowest BCUT2D eigenvalue weighted by Crippen LogP contribution is -2.22. The van der Waals surface area contributed by atoms with Gasteiger partial charge in [0.1, 0.15) is 0 Å². The van der Waals surface area contributed by atoms with Gasteiger partial charge < -0.3 is 14.8 Å². The molecule has 112 valence electrons. The van der Waals surface area contributed by atoms with E-state index in [0.717, 1.165) is 24.6 Å². The molecule has 1 aromatic rings. The summed E-state index contributed by atoms with van der Waals surface area (Å²) in [6.07, 6.45) is 6.60. The molecule has 0 radical (unpaired) electrons. The molecule has 0 amide bonds. The zero-order valence-electron chi connectivity index (χ0n) is 12.8. The normalized spacial score (nSPS) is 16.1. The Morgan fingerprint density at radius 3 is 2.65 bits per heavy atom. The third-order valence-corrected chi connectivity index (χ3v) is 3.76. The summed E-state index contributed by atoms with van der Waals surface area (Å²) in [6.45, 7) is 6.60. The maximum Gasteiger partial charge on any atom is 0.166 e. The van der Waals surface area contributed by atoms with E-state index >= 15 is 0 Å².